The van der Waals surface area contributed by atoms with Crippen molar-refractivity contribution in [2.45, 2.75) is 19.3 Å². The van der Waals surface area contributed by atoms with E-state index in [0.29, 0.717) is 13.1 Å². The fraction of sp³-hybridized carbons (Fsp3) is 0.471. The highest BCUT2D eigenvalue weighted by Crippen LogP contribution is 2.21. The van der Waals surface area contributed by atoms with E-state index in [1.165, 1.54) is 4.70 Å². The van der Waals surface area contributed by atoms with Crippen molar-refractivity contribution in [2.75, 3.05) is 26.2 Å². The maximum Gasteiger partial charge on any atom is 0.231 e. The van der Waals surface area contributed by atoms with Crippen LogP contribution in [0.4, 0.5) is 0 Å². The number of likely N-dealkylation sites (tertiary alicyclic amines) is 1. The molecule has 1 unspecified atom stereocenters. The number of hydrogen-bond donors (Lipinski definition) is 2. The monoisotopic (exact) mass is 346 g/mol. The van der Waals surface area contributed by atoms with Crippen molar-refractivity contribution in [3.05, 3.63) is 29.3 Å². The number of aromatic nitrogens is 1. The molecule has 1 aliphatic heterocycles. The third-order valence-electron chi connectivity index (χ3n) is 4.23. The third kappa shape index (κ3) is 4.30. The Kier molecular flexibility index (Phi) is 5.42. The number of amides is 2. The average Bonchev–Trinajstić information content (AvgIpc) is 2.97. The highest BCUT2D eigenvalue weighted by atomic mass is 32.1. The van der Waals surface area contributed by atoms with E-state index in [1.54, 1.807) is 11.3 Å². The minimum atomic E-state index is -0.341. The number of thiazole rings is 1. The molecule has 3 rings (SSSR count). The van der Waals surface area contributed by atoms with Crippen molar-refractivity contribution in [1.29, 1.82) is 0 Å². The van der Waals surface area contributed by atoms with E-state index in [9.17, 15) is 9.59 Å². The van der Waals surface area contributed by atoms with Gasteiger partial charge in [0.25, 0.3) is 0 Å². The van der Waals surface area contributed by atoms with Crippen LogP contribution in [0.3, 0.4) is 0 Å². The van der Waals surface area contributed by atoms with Gasteiger partial charge in [0.2, 0.25) is 11.8 Å². The molecule has 1 fully saturated rings. The number of carbonyl (C=O) groups excluding carboxylic acids is 2. The van der Waals surface area contributed by atoms with Crippen molar-refractivity contribution in [2.24, 2.45) is 11.7 Å². The van der Waals surface area contributed by atoms with E-state index in [4.69, 9.17) is 5.73 Å². The number of para-hydroxylation sites is 1. The Hall–Kier alpha value is -1.99. The van der Waals surface area contributed by atoms with Gasteiger partial charge in [0.15, 0.2) is 0 Å². The Bertz CT molecular complexity index is 697. The van der Waals surface area contributed by atoms with E-state index in [2.05, 4.69) is 16.4 Å². The molecule has 0 spiro atoms. The smallest absolute Gasteiger partial charge is 0.231 e. The van der Waals surface area contributed by atoms with Crippen molar-refractivity contribution in [3.8, 4) is 0 Å². The van der Waals surface area contributed by atoms with Gasteiger partial charge in [0, 0.05) is 19.5 Å². The van der Waals surface area contributed by atoms with Crippen LogP contribution in [0, 0.1) is 5.92 Å². The second-order valence-corrected chi connectivity index (χ2v) is 7.27. The lowest BCUT2D eigenvalue weighted by Gasteiger charge is -2.30. The zero-order valence-corrected chi connectivity index (χ0v) is 14.3. The maximum atomic E-state index is 12.3. The van der Waals surface area contributed by atoms with Gasteiger partial charge >= 0.3 is 0 Å². The van der Waals surface area contributed by atoms with E-state index in [1.807, 2.05) is 23.1 Å². The van der Waals surface area contributed by atoms with Crippen LogP contribution in [0.5, 0.6) is 0 Å². The summed E-state index contributed by atoms with van der Waals surface area (Å²) in [6.45, 7) is 2.26. The molecule has 1 aromatic carbocycles. The highest BCUT2D eigenvalue weighted by Gasteiger charge is 2.26. The van der Waals surface area contributed by atoms with Gasteiger partial charge < -0.3 is 11.1 Å². The molecule has 2 amide bonds. The first-order chi connectivity index (χ1) is 11.6. The lowest BCUT2D eigenvalue weighted by molar-refractivity contribution is -0.128. The quantitative estimate of drug-likeness (QED) is 0.821. The number of nitrogens with one attached hydrogen (secondary N) is 1. The predicted molar refractivity (Wildman–Crippen MR) is 94.7 cm³/mol. The first-order valence-electron chi connectivity index (χ1n) is 8.24. The molecule has 2 heterocycles. The zero-order valence-electron chi connectivity index (χ0n) is 13.5. The Labute approximate surface area is 145 Å². The molecule has 0 saturated carbocycles. The first kappa shape index (κ1) is 16.9. The van der Waals surface area contributed by atoms with Gasteiger partial charge in [-0.3, -0.25) is 14.5 Å². The molecule has 0 bridgehead atoms. The van der Waals surface area contributed by atoms with Gasteiger partial charge in [0.1, 0.15) is 0 Å². The molecule has 128 valence electrons. The van der Waals surface area contributed by atoms with E-state index in [0.717, 1.165) is 36.3 Å². The number of fused-ring (bicyclic) bond motifs is 1. The molecule has 0 aliphatic carbocycles. The van der Waals surface area contributed by atoms with Gasteiger partial charge in [-0.25, -0.2) is 4.98 Å². The summed E-state index contributed by atoms with van der Waals surface area (Å²) in [6.07, 6.45) is 2.52. The molecule has 6 nitrogen and oxygen atoms in total. The zero-order chi connectivity index (χ0) is 16.9. The summed E-state index contributed by atoms with van der Waals surface area (Å²) < 4.78 is 1.17. The van der Waals surface area contributed by atoms with E-state index >= 15 is 0 Å². The summed E-state index contributed by atoms with van der Waals surface area (Å²) in [5.74, 6) is -0.342. The van der Waals surface area contributed by atoms with Crippen LogP contribution in [-0.4, -0.2) is 47.9 Å². The molecule has 2 aromatic rings. The van der Waals surface area contributed by atoms with Crippen molar-refractivity contribution < 1.29 is 9.59 Å². The van der Waals surface area contributed by atoms with Crippen LogP contribution in [0.15, 0.2) is 24.3 Å². The number of benzene rings is 1. The van der Waals surface area contributed by atoms with Gasteiger partial charge in [-0.15, -0.1) is 11.3 Å². The van der Waals surface area contributed by atoms with E-state index < -0.39 is 0 Å². The van der Waals surface area contributed by atoms with Crippen LogP contribution in [0.2, 0.25) is 0 Å². The van der Waals surface area contributed by atoms with Crippen molar-refractivity contribution in [1.82, 2.24) is 15.2 Å². The summed E-state index contributed by atoms with van der Waals surface area (Å²) in [6, 6.07) is 8.05. The molecule has 7 heteroatoms. The van der Waals surface area contributed by atoms with Crippen LogP contribution in [0.1, 0.15) is 17.8 Å². The van der Waals surface area contributed by atoms with Crippen LogP contribution < -0.4 is 11.1 Å². The fourth-order valence-corrected chi connectivity index (χ4v) is 4.06. The summed E-state index contributed by atoms with van der Waals surface area (Å²) in [5, 5.41) is 4.04. The molecule has 1 aliphatic rings. The maximum absolute atomic E-state index is 12.3. The summed E-state index contributed by atoms with van der Waals surface area (Å²) >= 11 is 1.67. The number of carbonyl (C=O) groups is 2. The van der Waals surface area contributed by atoms with Crippen LogP contribution in [-0.2, 0) is 16.0 Å². The third-order valence-corrected chi connectivity index (χ3v) is 5.33. The molecule has 1 saturated heterocycles. The number of nitrogens with two attached hydrogens (primary N) is 1. The molecule has 3 N–H and O–H groups in total. The minimum Gasteiger partial charge on any atom is -0.369 e. The second-order valence-electron chi connectivity index (χ2n) is 6.16. The first-order valence-corrected chi connectivity index (χ1v) is 9.06. The second kappa shape index (κ2) is 7.72. The minimum absolute atomic E-state index is 0.0604. The number of piperidine rings is 1. The Morgan fingerprint density at radius 1 is 1.38 bits per heavy atom. The summed E-state index contributed by atoms with van der Waals surface area (Å²) in [7, 11) is 0. The molecule has 1 atom stereocenters. The highest BCUT2D eigenvalue weighted by molar-refractivity contribution is 7.18. The van der Waals surface area contributed by atoms with Crippen molar-refractivity contribution in [3.63, 3.8) is 0 Å². The molecule has 24 heavy (non-hydrogen) atoms. The lowest BCUT2D eigenvalue weighted by atomic mass is 9.97. The topological polar surface area (TPSA) is 88.3 Å². The van der Waals surface area contributed by atoms with Gasteiger partial charge in [-0.2, -0.15) is 0 Å². The number of nitrogens with zero attached hydrogens (tertiary/aromatic N) is 2. The standard InChI is InChI=1S/C17H22N4O2S/c18-15(22)11-21-9-3-4-12(10-21)17(23)19-8-7-16-20-13-5-1-2-6-14(13)24-16/h1-2,5-6,12H,3-4,7-11H2,(H2,18,22)(H,19,23). The predicted octanol–water partition coefficient (Wildman–Crippen LogP) is 1.15. The molecule has 1 aromatic heterocycles. The van der Waals surface area contributed by atoms with Gasteiger partial charge in [-0.05, 0) is 31.5 Å². The van der Waals surface area contributed by atoms with Gasteiger partial charge in [0.05, 0.1) is 27.7 Å². The Balaban J connectivity index is 1.47. The van der Waals surface area contributed by atoms with Gasteiger partial charge in [-0.1, -0.05) is 12.1 Å². The molecular weight excluding hydrogens is 324 g/mol. The molecular formula is C17H22N4O2S. The lowest BCUT2D eigenvalue weighted by Crippen LogP contribution is -2.46. The largest absolute Gasteiger partial charge is 0.369 e. The Morgan fingerprint density at radius 3 is 3.00 bits per heavy atom. The molecule has 0 radical (unpaired) electrons. The van der Waals surface area contributed by atoms with Crippen LogP contribution in [0.25, 0.3) is 10.2 Å². The Morgan fingerprint density at radius 2 is 2.21 bits per heavy atom. The average molecular weight is 346 g/mol. The number of hydrogen-bond acceptors (Lipinski definition) is 5. The fourth-order valence-electron chi connectivity index (χ4n) is 3.10. The SMILES string of the molecule is NC(=O)CN1CCCC(C(=O)NCCc2nc3ccccc3s2)C1. The number of primary amides is 1. The normalized spacial score (nSPS) is 18.6. The summed E-state index contributed by atoms with van der Waals surface area (Å²) in [5.41, 5.74) is 6.25. The van der Waals surface area contributed by atoms with E-state index in [-0.39, 0.29) is 24.3 Å². The van der Waals surface area contributed by atoms with Crippen LogP contribution >= 0.6 is 11.3 Å². The summed E-state index contributed by atoms with van der Waals surface area (Å²) in [4.78, 5) is 29.9. The van der Waals surface area contributed by atoms with Crippen molar-refractivity contribution >= 4 is 33.4 Å². The number of rotatable bonds is 6.